The van der Waals surface area contributed by atoms with Crippen LogP contribution in [-0.2, 0) is 4.79 Å². The van der Waals surface area contributed by atoms with Gasteiger partial charge in [-0.1, -0.05) is 25.5 Å². The van der Waals surface area contributed by atoms with Gasteiger partial charge in [0.05, 0.1) is 18.8 Å². The molecule has 0 aromatic heterocycles. The van der Waals surface area contributed by atoms with Crippen LogP contribution in [0, 0.1) is 0 Å². The molecule has 0 saturated carbocycles. The summed E-state index contributed by atoms with van der Waals surface area (Å²) in [7, 11) is 3.42. The van der Waals surface area contributed by atoms with Gasteiger partial charge in [0.2, 0.25) is 5.91 Å². The van der Waals surface area contributed by atoms with Crippen LogP contribution < -0.4 is 15.4 Å². The zero-order chi connectivity index (χ0) is 19.6. The number of hydrogen-bond donors (Lipinski definition) is 2. The average Bonchev–Trinajstić information content (AvgIpc) is 2.67. The van der Waals surface area contributed by atoms with E-state index in [2.05, 4.69) is 17.6 Å². The molecule has 0 heterocycles. The maximum Gasteiger partial charge on any atom is 0.253 e. The summed E-state index contributed by atoms with van der Waals surface area (Å²) < 4.78 is 5.73. The van der Waals surface area contributed by atoms with Crippen LogP contribution in [0.25, 0.3) is 0 Å². The van der Waals surface area contributed by atoms with Crippen molar-refractivity contribution in [2.75, 3.05) is 37.9 Å². The SMILES string of the molecule is CCCCOc1ccccc1NC(=O)CNc1ccc(C(=O)N(C)C)cc1. The Morgan fingerprint density at radius 3 is 2.41 bits per heavy atom. The van der Waals surface area contributed by atoms with Crippen LogP contribution in [-0.4, -0.2) is 44.0 Å². The van der Waals surface area contributed by atoms with Gasteiger partial charge in [-0.15, -0.1) is 0 Å². The van der Waals surface area contributed by atoms with Gasteiger partial charge in [-0.25, -0.2) is 0 Å². The second-order valence-corrected chi connectivity index (χ2v) is 6.38. The summed E-state index contributed by atoms with van der Waals surface area (Å²) in [6.45, 7) is 2.84. The van der Waals surface area contributed by atoms with Crippen LogP contribution in [0.1, 0.15) is 30.1 Å². The number of para-hydroxylation sites is 2. The third-order valence-corrected chi connectivity index (χ3v) is 3.91. The van der Waals surface area contributed by atoms with Crippen molar-refractivity contribution in [1.29, 1.82) is 0 Å². The molecule has 27 heavy (non-hydrogen) atoms. The largest absolute Gasteiger partial charge is 0.491 e. The Morgan fingerprint density at radius 2 is 1.74 bits per heavy atom. The molecule has 144 valence electrons. The summed E-state index contributed by atoms with van der Waals surface area (Å²) >= 11 is 0. The van der Waals surface area contributed by atoms with E-state index < -0.39 is 0 Å². The molecule has 2 aromatic rings. The van der Waals surface area contributed by atoms with E-state index in [1.165, 1.54) is 4.90 Å². The summed E-state index contributed by atoms with van der Waals surface area (Å²) in [5.41, 5.74) is 2.04. The Bertz CT molecular complexity index is 758. The zero-order valence-corrected chi connectivity index (χ0v) is 16.1. The van der Waals surface area contributed by atoms with Gasteiger partial charge < -0.3 is 20.3 Å². The lowest BCUT2D eigenvalue weighted by atomic mass is 10.2. The third kappa shape index (κ3) is 6.33. The molecule has 0 aliphatic rings. The van der Waals surface area contributed by atoms with Crippen LogP contribution >= 0.6 is 0 Å². The maximum atomic E-state index is 12.2. The predicted molar refractivity (Wildman–Crippen MR) is 108 cm³/mol. The highest BCUT2D eigenvalue weighted by Gasteiger charge is 2.09. The minimum absolute atomic E-state index is 0.0565. The van der Waals surface area contributed by atoms with Crippen molar-refractivity contribution in [3.8, 4) is 5.75 Å². The average molecular weight is 369 g/mol. The lowest BCUT2D eigenvalue weighted by molar-refractivity contribution is -0.114. The molecule has 0 unspecified atom stereocenters. The van der Waals surface area contributed by atoms with Crippen LogP contribution in [0.2, 0.25) is 0 Å². The molecule has 0 aliphatic carbocycles. The van der Waals surface area contributed by atoms with Gasteiger partial charge in [0, 0.05) is 25.3 Å². The minimum Gasteiger partial charge on any atom is -0.491 e. The number of ether oxygens (including phenoxy) is 1. The smallest absolute Gasteiger partial charge is 0.253 e. The number of benzene rings is 2. The fourth-order valence-electron chi connectivity index (χ4n) is 2.39. The Morgan fingerprint density at radius 1 is 1.04 bits per heavy atom. The van der Waals surface area contributed by atoms with Gasteiger partial charge in [0.1, 0.15) is 5.75 Å². The molecule has 6 heteroatoms. The van der Waals surface area contributed by atoms with Gasteiger partial charge in [0.25, 0.3) is 5.91 Å². The number of amides is 2. The van der Waals surface area contributed by atoms with Crippen molar-refractivity contribution in [3.05, 3.63) is 54.1 Å². The summed E-state index contributed by atoms with van der Waals surface area (Å²) in [6.07, 6.45) is 2.02. The second kappa shape index (κ2) is 10.2. The number of carbonyl (C=O) groups excluding carboxylic acids is 2. The Kier molecular flexibility index (Phi) is 7.67. The first-order valence-corrected chi connectivity index (χ1v) is 9.08. The van der Waals surface area contributed by atoms with Crippen LogP contribution in [0.3, 0.4) is 0 Å². The topological polar surface area (TPSA) is 70.7 Å². The molecule has 0 radical (unpaired) electrons. The van der Waals surface area contributed by atoms with Gasteiger partial charge in [-0.3, -0.25) is 9.59 Å². The highest BCUT2D eigenvalue weighted by molar-refractivity contribution is 5.96. The van der Waals surface area contributed by atoms with Crippen molar-refractivity contribution >= 4 is 23.2 Å². The fraction of sp³-hybridized carbons (Fsp3) is 0.333. The van der Waals surface area contributed by atoms with Gasteiger partial charge in [-0.05, 0) is 42.8 Å². The van der Waals surface area contributed by atoms with E-state index in [4.69, 9.17) is 4.74 Å². The van der Waals surface area contributed by atoms with E-state index in [1.54, 1.807) is 38.4 Å². The first-order chi connectivity index (χ1) is 13.0. The first kappa shape index (κ1) is 20.3. The van der Waals surface area contributed by atoms with Gasteiger partial charge in [0.15, 0.2) is 0 Å². The van der Waals surface area contributed by atoms with Gasteiger partial charge in [-0.2, -0.15) is 0 Å². The number of carbonyl (C=O) groups is 2. The Balaban J connectivity index is 1.88. The summed E-state index contributed by atoms with van der Waals surface area (Å²) in [5.74, 6) is 0.444. The van der Waals surface area contributed by atoms with Crippen LogP contribution in [0.15, 0.2) is 48.5 Å². The second-order valence-electron chi connectivity index (χ2n) is 6.38. The number of rotatable bonds is 9. The molecule has 0 aliphatic heterocycles. The molecule has 0 bridgehead atoms. The van der Waals surface area contributed by atoms with E-state index in [1.807, 2.05) is 24.3 Å². The number of anilines is 2. The fourth-order valence-corrected chi connectivity index (χ4v) is 2.39. The standard InChI is InChI=1S/C21H27N3O3/c1-4-5-14-27-19-9-7-6-8-18(19)23-20(25)15-22-17-12-10-16(11-13-17)21(26)24(2)3/h6-13,22H,4-5,14-15H2,1-3H3,(H,23,25). The van der Waals surface area contributed by atoms with Crippen molar-refractivity contribution in [2.24, 2.45) is 0 Å². The molecule has 6 nitrogen and oxygen atoms in total. The highest BCUT2D eigenvalue weighted by Crippen LogP contribution is 2.24. The molecule has 2 rings (SSSR count). The van der Waals surface area contributed by atoms with E-state index in [9.17, 15) is 9.59 Å². The monoisotopic (exact) mass is 369 g/mol. The maximum absolute atomic E-state index is 12.2. The molecule has 2 aromatic carbocycles. The molecular formula is C21H27N3O3. The molecule has 0 spiro atoms. The quantitative estimate of drug-likeness (QED) is 0.663. The Hall–Kier alpha value is -3.02. The molecule has 0 saturated heterocycles. The van der Waals surface area contributed by atoms with E-state index in [0.29, 0.717) is 23.6 Å². The lowest BCUT2D eigenvalue weighted by Gasteiger charge is -2.13. The first-order valence-electron chi connectivity index (χ1n) is 9.08. The zero-order valence-electron chi connectivity index (χ0n) is 16.1. The van der Waals surface area contributed by atoms with E-state index in [0.717, 1.165) is 18.5 Å². The molecule has 2 amide bonds. The molecule has 0 atom stereocenters. The normalized spacial score (nSPS) is 10.2. The van der Waals surface area contributed by atoms with E-state index in [-0.39, 0.29) is 18.4 Å². The van der Waals surface area contributed by atoms with Gasteiger partial charge >= 0.3 is 0 Å². The minimum atomic E-state index is -0.171. The third-order valence-electron chi connectivity index (χ3n) is 3.91. The van der Waals surface area contributed by atoms with Crippen molar-refractivity contribution < 1.29 is 14.3 Å². The highest BCUT2D eigenvalue weighted by atomic mass is 16.5. The number of nitrogens with one attached hydrogen (secondary N) is 2. The summed E-state index contributed by atoms with van der Waals surface area (Å²) in [5, 5.41) is 5.92. The van der Waals surface area contributed by atoms with E-state index >= 15 is 0 Å². The number of hydrogen-bond acceptors (Lipinski definition) is 4. The van der Waals surface area contributed by atoms with Crippen LogP contribution in [0.4, 0.5) is 11.4 Å². The Labute approximate surface area is 160 Å². The van der Waals surface area contributed by atoms with Crippen molar-refractivity contribution in [3.63, 3.8) is 0 Å². The number of unbranched alkanes of at least 4 members (excludes halogenated alkanes) is 1. The molecule has 2 N–H and O–H groups in total. The molecule has 0 fully saturated rings. The number of nitrogens with zero attached hydrogens (tertiary/aromatic N) is 1. The van der Waals surface area contributed by atoms with Crippen molar-refractivity contribution in [2.45, 2.75) is 19.8 Å². The predicted octanol–water partition coefficient (Wildman–Crippen LogP) is 3.62. The summed E-state index contributed by atoms with van der Waals surface area (Å²) in [4.78, 5) is 25.6. The van der Waals surface area contributed by atoms with Crippen molar-refractivity contribution in [1.82, 2.24) is 4.90 Å². The molecular weight excluding hydrogens is 342 g/mol. The lowest BCUT2D eigenvalue weighted by Crippen LogP contribution is -2.23. The summed E-state index contributed by atoms with van der Waals surface area (Å²) in [6, 6.07) is 14.4. The van der Waals surface area contributed by atoms with Crippen LogP contribution in [0.5, 0.6) is 5.75 Å².